The second-order valence-electron chi connectivity index (χ2n) is 7.05. The van der Waals surface area contributed by atoms with Crippen LogP contribution in [0.1, 0.15) is 28.4 Å². The standard InChI is InChI=1S/C25H22BrN3O5/c1-3-33-21-11-9-20(10-12-21)28-23(30)24(31)29-27-15-18-14-19(26)8-13-22(18)34-25(32)17-6-4-16(2)5-7-17/h4-15H,3H2,1-2H3,(H,28,30)(H,29,31)/b27-15+. The first kappa shape index (κ1) is 24.7. The van der Waals surface area contributed by atoms with Crippen LogP contribution in [-0.4, -0.2) is 30.6 Å². The lowest BCUT2D eigenvalue weighted by Crippen LogP contribution is -2.32. The highest BCUT2D eigenvalue weighted by atomic mass is 79.9. The molecular formula is C25H22BrN3O5. The molecule has 0 aliphatic rings. The van der Waals surface area contributed by atoms with Gasteiger partial charge in [-0.1, -0.05) is 33.6 Å². The predicted octanol–water partition coefficient (Wildman–Crippen LogP) is 4.46. The maximum absolute atomic E-state index is 12.5. The molecule has 0 aromatic heterocycles. The largest absolute Gasteiger partial charge is 0.494 e. The van der Waals surface area contributed by atoms with Crippen molar-refractivity contribution in [1.82, 2.24) is 5.43 Å². The summed E-state index contributed by atoms with van der Waals surface area (Å²) in [7, 11) is 0. The number of carbonyl (C=O) groups excluding carboxylic acids is 3. The Morgan fingerprint density at radius 3 is 2.35 bits per heavy atom. The highest BCUT2D eigenvalue weighted by Gasteiger charge is 2.14. The summed E-state index contributed by atoms with van der Waals surface area (Å²) >= 11 is 3.35. The van der Waals surface area contributed by atoms with E-state index in [9.17, 15) is 14.4 Å². The summed E-state index contributed by atoms with van der Waals surface area (Å²) in [6.07, 6.45) is 1.28. The molecule has 0 radical (unpaired) electrons. The average Bonchev–Trinajstić information content (AvgIpc) is 2.82. The number of benzene rings is 3. The lowest BCUT2D eigenvalue weighted by Gasteiger charge is -2.08. The van der Waals surface area contributed by atoms with E-state index in [2.05, 4.69) is 31.8 Å². The smallest absolute Gasteiger partial charge is 0.343 e. The van der Waals surface area contributed by atoms with Crippen molar-refractivity contribution >= 4 is 45.6 Å². The van der Waals surface area contributed by atoms with Crippen molar-refractivity contribution in [3.05, 3.63) is 87.9 Å². The highest BCUT2D eigenvalue weighted by Crippen LogP contribution is 2.23. The van der Waals surface area contributed by atoms with Crippen LogP contribution in [0.25, 0.3) is 0 Å². The van der Waals surface area contributed by atoms with E-state index in [0.29, 0.717) is 33.6 Å². The SMILES string of the molecule is CCOc1ccc(NC(=O)C(=O)N/N=C/c2cc(Br)ccc2OC(=O)c2ccc(C)cc2)cc1. The molecule has 3 aromatic rings. The maximum atomic E-state index is 12.5. The van der Waals surface area contributed by atoms with Crippen LogP contribution >= 0.6 is 15.9 Å². The van der Waals surface area contributed by atoms with Crippen molar-refractivity contribution in [2.24, 2.45) is 5.10 Å². The molecule has 0 atom stereocenters. The molecule has 2 amide bonds. The van der Waals surface area contributed by atoms with Crippen molar-refractivity contribution < 1.29 is 23.9 Å². The molecule has 174 valence electrons. The molecule has 0 fully saturated rings. The van der Waals surface area contributed by atoms with Gasteiger partial charge in [-0.2, -0.15) is 5.10 Å². The normalized spacial score (nSPS) is 10.6. The minimum atomic E-state index is -0.960. The quantitative estimate of drug-likeness (QED) is 0.156. The summed E-state index contributed by atoms with van der Waals surface area (Å²) in [5.74, 6) is -1.48. The third-order valence-corrected chi connectivity index (χ3v) is 4.95. The topological polar surface area (TPSA) is 106 Å². The van der Waals surface area contributed by atoms with E-state index in [1.54, 1.807) is 54.6 Å². The second-order valence-corrected chi connectivity index (χ2v) is 7.96. The van der Waals surface area contributed by atoms with Crippen LogP contribution in [0.4, 0.5) is 5.69 Å². The number of hydrogen-bond acceptors (Lipinski definition) is 6. The van der Waals surface area contributed by atoms with Gasteiger partial charge in [-0.05, 0) is 68.4 Å². The van der Waals surface area contributed by atoms with Gasteiger partial charge in [0, 0.05) is 15.7 Å². The zero-order valence-corrected chi connectivity index (χ0v) is 20.1. The number of halogens is 1. The molecule has 2 N–H and O–H groups in total. The fraction of sp³-hybridized carbons (Fsp3) is 0.120. The van der Waals surface area contributed by atoms with Crippen molar-refractivity contribution in [2.75, 3.05) is 11.9 Å². The second kappa shape index (κ2) is 11.8. The van der Waals surface area contributed by atoms with Crippen LogP contribution in [-0.2, 0) is 9.59 Å². The fourth-order valence-corrected chi connectivity index (χ4v) is 3.14. The lowest BCUT2D eigenvalue weighted by molar-refractivity contribution is -0.136. The van der Waals surface area contributed by atoms with Crippen molar-refractivity contribution in [2.45, 2.75) is 13.8 Å². The lowest BCUT2D eigenvalue weighted by atomic mass is 10.1. The van der Waals surface area contributed by atoms with Gasteiger partial charge in [0.1, 0.15) is 11.5 Å². The summed E-state index contributed by atoms with van der Waals surface area (Å²) in [5.41, 5.74) is 4.43. The van der Waals surface area contributed by atoms with Crippen LogP contribution in [0.3, 0.4) is 0 Å². The van der Waals surface area contributed by atoms with Gasteiger partial charge < -0.3 is 14.8 Å². The predicted molar refractivity (Wildman–Crippen MR) is 132 cm³/mol. The molecule has 3 rings (SSSR count). The first-order chi connectivity index (χ1) is 16.4. The third kappa shape index (κ3) is 7.01. The highest BCUT2D eigenvalue weighted by molar-refractivity contribution is 9.10. The number of hydrogen-bond donors (Lipinski definition) is 2. The maximum Gasteiger partial charge on any atom is 0.343 e. The molecular weight excluding hydrogens is 502 g/mol. The number of nitrogens with one attached hydrogen (secondary N) is 2. The number of nitrogens with zero attached hydrogens (tertiary/aromatic N) is 1. The fourth-order valence-electron chi connectivity index (χ4n) is 2.76. The van der Waals surface area contributed by atoms with Crippen molar-refractivity contribution in [3.8, 4) is 11.5 Å². The number of rotatable bonds is 7. The molecule has 0 unspecified atom stereocenters. The first-order valence-corrected chi connectivity index (χ1v) is 11.1. The molecule has 0 saturated heterocycles. The van der Waals surface area contributed by atoms with Gasteiger partial charge in [0.2, 0.25) is 0 Å². The van der Waals surface area contributed by atoms with E-state index >= 15 is 0 Å². The molecule has 0 aliphatic carbocycles. The molecule has 9 heteroatoms. The summed E-state index contributed by atoms with van der Waals surface area (Å²) in [4.78, 5) is 36.7. The van der Waals surface area contributed by atoms with Gasteiger partial charge in [-0.3, -0.25) is 9.59 Å². The van der Waals surface area contributed by atoms with Gasteiger partial charge in [0.25, 0.3) is 0 Å². The molecule has 3 aromatic carbocycles. The van der Waals surface area contributed by atoms with E-state index in [1.807, 2.05) is 26.0 Å². The van der Waals surface area contributed by atoms with Gasteiger partial charge in [0.15, 0.2) is 0 Å². The van der Waals surface area contributed by atoms with E-state index < -0.39 is 17.8 Å². The number of carbonyl (C=O) groups is 3. The Morgan fingerprint density at radius 2 is 1.68 bits per heavy atom. The summed E-state index contributed by atoms with van der Waals surface area (Å²) in [6, 6.07) is 18.5. The minimum Gasteiger partial charge on any atom is -0.494 e. The Labute approximate surface area is 205 Å². The zero-order chi connectivity index (χ0) is 24.5. The van der Waals surface area contributed by atoms with E-state index in [-0.39, 0.29) is 5.75 Å². The molecule has 8 nitrogen and oxygen atoms in total. The molecule has 0 aliphatic heterocycles. The zero-order valence-electron chi connectivity index (χ0n) is 18.5. The van der Waals surface area contributed by atoms with Gasteiger partial charge in [0.05, 0.1) is 18.4 Å². The number of amides is 2. The minimum absolute atomic E-state index is 0.241. The van der Waals surface area contributed by atoms with E-state index in [1.165, 1.54) is 6.21 Å². The number of esters is 1. The van der Waals surface area contributed by atoms with E-state index in [4.69, 9.17) is 9.47 Å². The number of ether oxygens (including phenoxy) is 2. The van der Waals surface area contributed by atoms with Crippen LogP contribution < -0.4 is 20.2 Å². The third-order valence-electron chi connectivity index (χ3n) is 4.46. The average molecular weight is 524 g/mol. The van der Waals surface area contributed by atoms with Gasteiger partial charge in [-0.15, -0.1) is 0 Å². The molecule has 34 heavy (non-hydrogen) atoms. The molecule has 0 spiro atoms. The number of aryl methyl sites for hydroxylation is 1. The number of anilines is 1. The van der Waals surface area contributed by atoms with Crippen molar-refractivity contribution in [1.29, 1.82) is 0 Å². The summed E-state index contributed by atoms with van der Waals surface area (Å²) < 4.78 is 11.5. The Hall–Kier alpha value is -3.98. The van der Waals surface area contributed by atoms with Gasteiger partial charge >= 0.3 is 17.8 Å². The molecule has 0 saturated carbocycles. The molecule has 0 bridgehead atoms. The Morgan fingerprint density at radius 1 is 0.971 bits per heavy atom. The van der Waals surface area contributed by atoms with Crippen LogP contribution in [0.2, 0.25) is 0 Å². The Balaban J connectivity index is 1.62. The molecule has 0 heterocycles. The van der Waals surface area contributed by atoms with Crippen LogP contribution in [0, 0.1) is 6.92 Å². The summed E-state index contributed by atoms with van der Waals surface area (Å²) in [6.45, 7) is 4.31. The Kier molecular flexibility index (Phi) is 8.53. The van der Waals surface area contributed by atoms with E-state index in [0.717, 1.165) is 5.56 Å². The summed E-state index contributed by atoms with van der Waals surface area (Å²) in [5, 5.41) is 6.29. The first-order valence-electron chi connectivity index (χ1n) is 10.3. The Bertz CT molecular complexity index is 1210. The monoisotopic (exact) mass is 523 g/mol. The van der Waals surface area contributed by atoms with Gasteiger partial charge in [-0.25, -0.2) is 10.2 Å². The number of hydrazone groups is 1. The van der Waals surface area contributed by atoms with Crippen LogP contribution in [0.15, 0.2) is 76.3 Å². The van der Waals surface area contributed by atoms with Crippen LogP contribution in [0.5, 0.6) is 11.5 Å². The van der Waals surface area contributed by atoms with Crippen molar-refractivity contribution in [3.63, 3.8) is 0 Å².